The van der Waals surface area contributed by atoms with Gasteiger partial charge in [0.05, 0.1) is 19.8 Å². The van der Waals surface area contributed by atoms with E-state index in [0.29, 0.717) is 19.8 Å². The van der Waals surface area contributed by atoms with Gasteiger partial charge in [0.2, 0.25) is 0 Å². The molecule has 0 saturated heterocycles. The number of hydrogen-bond acceptors (Lipinski definition) is 4. The minimum Gasteiger partial charge on any atom is -0.462 e. The molecule has 0 bridgehead atoms. The van der Waals surface area contributed by atoms with Crippen LogP contribution >= 0.6 is 0 Å². The van der Waals surface area contributed by atoms with Crippen LogP contribution in [0.25, 0.3) is 0 Å². The van der Waals surface area contributed by atoms with Gasteiger partial charge in [-0.3, -0.25) is 0 Å². The Morgan fingerprint density at radius 3 is 2.81 bits per heavy atom. The molecule has 16 heavy (non-hydrogen) atoms. The number of methoxy groups -OCH3 is 1. The van der Waals surface area contributed by atoms with E-state index in [2.05, 4.69) is 12.2 Å². The molecule has 1 rings (SSSR count). The molecule has 0 atom stereocenters. The van der Waals surface area contributed by atoms with Crippen LogP contribution in [0.5, 0.6) is 0 Å². The maximum atomic E-state index is 5.58. The van der Waals surface area contributed by atoms with Crippen LogP contribution in [0.2, 0.25) is 0 Å². The van der Waals surface area contributed by atoms with Crippen LogP contribution in [0.1, 0.15) is 24.9 Å². The molecule has 92 valence electrons. The molecule has 0 unspecified atom stereocenters. The Morgan fingerprint density at radius 2 is 2.06 bits per heavy atom. The molecule has 4 nitrogen and oxygen atoms in total. The lowest BCUT2D eigenvalue weighted by atomic mass is 10.4. The monoisotopic (exact) mass is 227 g/mol. The summed E-state index contributed by atoms with van der Waals surface area (Å²) in [6.45, 7) is 5.67. The third-order valence-electron chi connectivity index (χ3n) is 2.12. The molecule has 1 N–H and O–H groups in total. The van der Waals surface area contributed by atoms with Crippen molar-refractivity contribution in [3.8, 4) is 0 Å². The van der Waals surface area contributed by atoms with Gasteiger partial charge >= 0.3 is 0 Å². The number of ether oxygens (including phenoxy) is 2. The first kappa shape index (κ1) is 13.2. The van der Waals surface area contributed by atoms with E-state index in [1.807, 2.05) is 12.1 Å². The molecule has 1 aromatic heterocycles. The SMILES string of the molecule is CCCNCc1ccc(COCCOC)o1. The van der Waals surface area contributed by atoms with Crippen LogP contribution in [0.3, 0.4) is 0 Å². The predicted molar refractivity (Wildman–Crippen MR) is 62.2 cm³/mol. The molecular weight excluding hydrogens is 206 g/mol. The van der Waals surface area contributed by atoms with Crippen LogP contribution < -0.4 is 5.32 Å². The molecule has 0 saturated carbocycles. The standard InChI is InChI=1S/C12H21NO3/c1-3-6-13-9-11-4-5-12(16-11)10-15-8-7-14-2/h4-5,13H,3,6-10H2,1-2H3. The first-order valence-electron chi connectivity index (χ1n) is 5.71. The van der Waals surface area contributed by atoms with Gasteiger partial charge in [-0.2, -0.15) is 0 Å². The third-order valence-corrected chi connectivity index (χ3v) is 2.12. The van der Waals surface area contributed by atoms with Gasteiger partial charge in [-0.15, -0.1) is 0 Å². The van der Waals surface area contributed by atoms with Crippen LogP contribution in [-0.4, -0.2) is 26.9 Å². The van der Waals surface area contributed by atoms with E-state index < -0.39 is 0 Å². The lowest BCUT2D eigenvalue weighted by Crippen LogP contribution is -2.13. The lowest BCUT2D eigenvalue weighted by molar-refractivity contribution is 0.0533. The van der Waals surface area contributed by atoms with E-state index in [0.717, 1.165) is 31.0 Å². The molecule has 0 aromatic carbocycles. The zero-order valence-electron chi connectivity index (χ0n) is 10.1. The van der Waals surface area contributed by atoms with E-state index in [4.69, 9.17) is 13.9 Å². The average molecular weight is 227 g/mol. The van der Waals surface area contributed by atoms with Gasteiger partial charge < -0.3 is 19.2 Å². The molecule has 0 aliphatic rings. The molecule has 4 heteroatoms. The van der Waals surface area contributed by atoms with Gasteiger partial charge in [-0.25, -0.2) is 0 Å². The summed E-state index contributed by atoms with van der Waals surface area (Å²) >= 11 is 0. The highest BCUT2D eigenvalue weighted by molar-refractivity contribution is 5.06. The first-order valence-corrected chi connectivity index (χ1v) is 5.71. The van der Waals surface area contributed by atoms with Crippen LogP contribution in [0, 0.1) is 0 Å². The van der Waals surface area contributed by atoms with Gasteiger partial charge in [0.1, 0.15) is 18.1 Å². The highest BCUT2D eigenvalue weighted by Gasteiger charge is 2.01. The smallest absolute Gasteiger partial charge is 0.129 e. The minimum atomic E-state index is 0.511. The number of furan rings is 1. The minimum absolute atomic E-state index is 0.511. The molecule has 0 aliphatic heterocycles. The van der Waals surface area contributed by atoms with Gasteiger partial charge in [0.15, 0.2) is 0 Å². The van der Waals surface area contributed by atoms with Gasteiger partial charge in [0, 0.05) is 7.11 Å². The van der Waals surface area contributed by atoms with Crippen LogP contribution in [0.15, 0.2) is 16.5 Å². The maximum absolute atomic E-state index is 5.58. The Labute approximate surface area is 96.9 Å². The third kappa shape index (κ3) is 5.30. The summed E-state index contributed by atoms with van der Waals surface area (Å²) in [7, 11) is 1.66. The van der Waals surface area contributed by atoms with Crippen molar-refractivity contribution in [2.24, 2.45) is 0 Å². The Balaban J connectivity index is 2.17. The zero-order valence-corrected chi connectivity index (χ0v) is 10.1. The Hall–Kier alpha value is -0.840. The summed E-state index contributed by atoms with van der Waals surface area (Å²) in [4.78, 5) is 0. The molecule has 0 aliphatic carbocycles. The molecule has 1 heterocycles. The molecule has 0 spiro atoms. The van der Waals surface area contributed by atoms with Crippen molar-refractivity contribution in [1.82, 2.24) is 5.32 Å². The Bertz CT molecular complexity index is 273. The van der Waals surface area contributed by atoms with E-state index in [9.17, 15) is 0 Å². The fourth-order valence-electron chi connectivity index (χ4n) is 1.30. The summed E-state index contributed by atoms with van der Waals surface area (Å²) in [5.41, 5.74) is 0. The zero-order chi connectivity index (χ0) is 11.6. The normalized spacial score (nSPS) is 10.9. The summed E-state index contributed by atoms with van der Waals surface area (Å²) in [5.74, 6) is 1.82. The average Bonchev–Trinajstić information content (AvgIpc) is 2.73. The number of hydrogen-bond donors (Lipinski definition) is 1. The second-order valence-corrected chi connectivity index (χ2v) is 3.59. The summed E-state index contributed by atoms with van der Waals surface area (Å²) in [5, 5.41) is 3.29. The highest BCUT2D eigenvalue weighted by Crippen LogP contribution is 2.08. The van der Waals surface area contributed by atoms with E-state index in [1.165, 1.54) is 0 Å². The second kappa shape index (κ2) is 8.33. The largest absolute Gasteiger partial charge is 0.462 e. The van der Waals surface area contributed by atoms with Crippen molar-refractivity contribution < 1.29 is 13.9 Å². The van der Waals surface area contributed by atoms with Crippen LogP contribution in [-0.2, 0) is 22.6 Å². The summed E-state index contributed by atoms with van der Waals surface area (Å²) < 4.78 is 15.8. The van der Waals surface area contributed by atoms with Crippen molar-refractivity contribution in [2.75, 3.05) is 26.9 Å². The van der Waals surface area contributed by atoms with Crippen molar-refractivity contribution in [3.63, 3.8) is 0 Å². The predicted octanol–water partition coefficient (Wildman–Crippen LogP) is 1.94. The van der Waals surface area contributed by atoms with Crippen molar-refractivity contribution in [2.45, 2.75) is 26.5 Å². The van der Waals surface area contributed by atoms with Crippen molar-refractivity contribution in [1.29, 1.82) is 0 Å². The second-order valence-electron chi connectivity index (χ2n) is 3.59. The fraction of sp³-hybridized carbons (Fsp3) is 0.667. The molecule has 1 aromatic rings. The van der Waals surface area contributed by atoms with Crippen molar-refractivity contribution >= 4 is 0 Å². The van der Waals surface area contributed by atoms with E-state index in [-0.39, 0.29) is 0 Å². The Morgan fingerprint density at radius 1 is 1.25 bits per heavy atom. The molecule has 0 amide bonds. The Kier molecular flexibility index (Phi) is 6.88. The van der Waals surface area contributed by atoms with Gasteiger partial charge in [0.25, 0.3) is 0 Å². The lowest BCUT2D eigenvalue weighted by Gasteiger charge is -2.01. The molecule has 0 radical (unpaired) electrons. The van der Waals surface area contributed by atoms with E-state index >= 15 is 0 Å². The quantitative estimate of drug-likeness (QED) is 0.655. The number of rotatable bonds is 9. The first-order chi connectivity index (χ1) is 7.86. The summed E-state index contributed by atoms with van der Waals surface area (Å²) in [6, 6.07) is 3.94. The van der Waals surface area contributed by atoms with Gasteiger partial charge in [-0.1, -0.05) is 6.92 Å². The molecular formula is C12H21NO3. The maximum Gasteiger partial charge on any atom is 0.129 e. The van der Waals surface area contributed by atoms with Gasteiger partial charge in [-0.05, 0) is 25.1 Å². The van der Waals surface area contributed by atoms with Crippen molar-refractivity contribution in [3.05, 3.63) is 23.7 Å². The number of nitrogens with one attached hydrogen (secondary N) is 1. The summed E-state index contributed by atoms with van der Waals surface area (Å²) in [6.07, 6.45) is 1.13. The van der Waals surface area contributed by atoms with E-state index in [1.54, 1.807) is 7.11 Å². The fourth-order valence-corrected chi connectivity index (χ4v) is 1.30. The highest BCUT2D eigenvalue weighted by atomic mass is 16.5. The van der Waals surface area contributed by atoms with Crippen LogP contribution in [0.4, 0.5) is 0 Å². The topological polar surface area (TPSA) is 43.6 Å². The molecule has 0 fully saturated rings.